The number of hydrogen-bond acceptors (Lipinski definition) is 3. The van der Waals surface area contributed by atoms with Crippen LogP contribution in [-0.4, -0.2) is 23.3 Å². The second kappa shape index (κ2) is 7.07. The summed E-state index contributed by atoms with van der Waals surface area (Å²) >= 11 is 0. The number of carbonyl (C=O) groups excluding carboxylic acids is 2. The summed E-state index contributed by atoms with van der Waals surface area (Å²) < 4.78 is 0. The first kappa shape index (κ1) is 15.3. The molecule has 0 aromatic heterocycles. The summed E-state index contributed by atoms with van der Waals surface area (Å²) in [6, 6.07) is 9.62. The molecule has 0 saturated carbocycles. The number of ketones is 1. The third-order valence-corrected chi connectivity index (χ3v) is 3.75. The van der Waals surface area contributed by atoms with Gasteiger partial charge in [0.25, 0.3) is 5.91 Å². The van der Waals surface area contributed by atoms with Crippen LogP contribution in [0.2, 0.25) is 0 Å². The van der Waals surface area contributed by atoms with E-state index < -0.39 is 5.91 Å². The monoisotopic (exact) mass is 287 g/mol. The van der Waals surface area contributed by atoms with Gasteiger partial charge in [-0.15, -0.1) is 0 Å². The van der Waals surface area contributed by atoms with Crippen LogP contribution in [0, 0.1) is 0 Å². The van der Waals surface area contributed by atoms with Crippen LogP contribution in [0.15, 0.2) is 41.7 Å². The number of rotatable bonds is 5. The minimum Gasteiger partial charge on any atom is -0.511 e. The van der Waals surface area contributed by atoms with Crippen molar-refractivity contribution in [1.29, 1.82) is 0 Å². The molecule has 21 heavy (non-hydrogen) atoms. The molecule has 0 fully saturated rings. The van der Waals surface area contributed by atoms with E-state index in [1.807, 2.05) is 37.3 Å². The third kappa shape index (κ3) is 3.72. The zero-order valence-electron chi connectivity index (χ0n) is 12.3. The van der Waals surface area contributed by atoms with E-state index >= 15 is 0 Å². The number of amides is 1. The van der Waals surface area contributed by atoms with Gasteiger partial charge in [-0.3, -0.25) is 9.59 Å². The summed E-state index contributed by atoms with van der Waals surface area (Å²) in [6.45, 7) is 2.56. The summed E-state index contributed by atoms with van der Waals surface area (Å²) in [4.78, 5) is 24.2. The number of allylic oxidation sites excluding steroid dienone is 1. The molecule has 1 aromatic rings. The Labute approximate surface area is 124 Å². The first-order valence-corrected chi connectivity index (χ1v) is 7.42. The van der Waals surface area contributed by atoms with Crippen molar-refractivity contribution in [1.82, 2.24) is 5.32 Å². The average Bonchev–Trinajstić information content (AvgIpc) is 2.47. The number of hydrogen-bond donors (Lipinski definition) is 2. The van der Waals surface area contributed by atoms with Crippen molar-refractivity contribution in [2.45, 2.75) is 38.5 Å². The molecule has 0 radical (unpaired) electrons. The Balaban J connectivity index is 2.10. The van der Waals surface area contributed by atoms with E-state index in [1.54, 1.807) is 0 Å². The molecule has 4 heteroatoms. The van der Waals surface area contributed by atoms with Crippen molar-refractivity contribution < 1.29 is 14.7 Å². The van der Waals surface area contributed by atoms with E-state index in [-0.39, 0.29) is 29.5 Å². The highest BCUT2D eigenvalue weighted by molar-refractivity contribution is 6.20. The molecular weight excluding hydrogens is 266 g/mol. The van der Waals surface area contributed by atoms with Gasteiger partial charge in [-0.2, -0.15) is 0 Å². The number of aliphatic hydroxyl groups excluding tert-OH is 1. The fraction of sp³-hybridized carbons (Fsp3) is 0.412. The predicted octanol–water partition coefficient (Wildman–Crippen LogP) is 2.86. The molecule has 1 amide bonds. The Morgan fingerprint density at radius 2 is 2.00 bits per heavy atom. The van der Waals surface area contributed by atoms with E-state index in [0.717, 1.165) is 18.4 Å². The van der Waals surface area contributed by atoms with Crippen LogP contribution >= 0.6 is 0 Å². The quantitative estimate of drug-likeness (QED) is 0.646. The van der Waals surface area contributed by atoms with E-state index in [0.29, 0.717) is 13.0 Å². The standard InChI is InChI=1S/C17H21NO3/c1-2-3-9-18-17(21)16-14(19)10-13(11-15(16)20)12-7-5-4-6-8-12/h4-8,13,19H,2-3,9-11H2,1H3,(H,18,21). The largest absolute Gasteiger partial charge is 0.511 e. The lowest BCUT2D eigenvalue weighted by Gasteiger charge is -2.23. The molecule has 0 heterocycles. The highest BCUT2D eigenvalue weighted by Gasteiger charge is 2.32. The van der Waals surface area contributed by atoms with Gasteiger partial charge in [-0.1, -0.05) is 43.7 Å². The second-order valence-electron chi connectivity index (χ2n) is 5.37. The first-order chi connectivity index (χ1) is 10.1. The summed E-state index contributed by atoms with van der Waals surface area (Å²) in [5, 5.41) is 12.8. The van der Waals surface area contributed by atoms with Gasteiger partial charge in [0.05, 0.1) is 0 Å². The fourth-order valence-electron chi connectivity index (χ4n) is 2.58. The van der Waals surface area contributed by atoms with Crippen molar-refractivity contribution in [3.8, 4) is 0 Å². The Kier molecular flexibility index (Phi) is 5.14. The van der Waals surface area contributed by atoms with Gasteiger partial charge >= 0.3 is 0 Å². The molecule has 0 spiro atoms. The minimum absolute atomic E-state index is 0.0501. The Hall–Kier alpha value is -2.10. The molecule has 1 atom stereocenters. The Morgan fingerprint density at radius 1 is 1.29 bits per heavy atom. The maximum absolute atomic E-state index is 12.2. The molecule has 4 nitrogen and oxygen atoms in total. The van der Waals surface area contributed by atoms with Crippen LogP contribution in [0.5, 0.6) is 0 Å². The van der Waals surface area contributed by atoms with E-state index in [2.05, 4.69) is 5.32 Å². The number of benzene rings is 1. The van der Waals surface area contributed by atoms with Crippen molar-refractivity contribution >= 4 is 11.7 Å². The first-order valence-electron chi connectivity index (χ1n) is 7.42. The van der Waals surface area contributed by atoms with Crippen LogP contribution in [0.3, 0.4) is 0 Å². The van der Waals surface area contributed by atoms with Crippen molar-refractivity contribution in [2.75, 3.05) is 6.54 Å². The molecule has 1 aromatic carbocycles. The van der Waals surface area contributed by atoms with E-state index in [4.69, 9.17) is 0 Å². The lowest BCUT2D eigenvalue weighted by molar-refractivity contribution is -0.123. The SMILES string of the molecule is CCCCNC(=O)C1=C(O)CC(c2ccccc2)CC1=O. The predicted molar refractivity (Wildman–Crippen MR) is 81.0 cm³/mol. The third-order valence-electron chi connectivity index (χ3n) is 3.75. The number of Topliss-reactive ketones (excluding diaryl/α,β-unsaturated/α-hetero) is 1. The molecular formula is C17H21NO3. The highest BCUT2D eigenvalue weighted by Crippen LogP contribution is 2.33. The van der Waals surface area contributed by atoms with Crippen molar-refractivity contribution in [2.24, 2.45) is 0 Å². The number of carbonyl (C=O) groups is 2. The normalized spacial score (nSPS) is 18.7. The lowest BCUT2D eigenvalue weighted by Crippen LogP contribution is -2.33. The smallest absolute Gasteiger partial charge is 0.258 e. The Bertz CT molecular complexity index is 548. The Morgan fingerprint density at radius 3 is 2.62 bits per heavy atom. The molecule has 0 saturated heterocycles. The summed E-state index contributed by atoms with van der Waals surface area (Å²) in [5.41, 5.74) is 0.959. The number of aliphatic hydroxyl groups is 1. The average molecular weight is 287 g/mol. The molecule has 112 valence electrons. The van der Waals surface area contributed by atoms with Crippen LogP contribution in [-0.2, 0) is 9.59 Å². The topological polar surface area (TPSA) is 66.4 Å². The number of unbranched alkanes of at least 4 members (excludes halogenated alkanes) is 1. The molecule has 1 unspecified atom stereocenters. The fourth-order valence-corrected chi connectivity index (χ4v) is 2.58. The van der Waals surface area contributed by atoms with Gasteiger partial charge in [0, 0.05) is 19.4 Å². The van der Waals surface area contributed by atoms with Gasteiger partial charge in [0.2, 0.25) is 0 Å². The van der Waals surface area contributed by atoms with Gasteiger partial charge in [0.15, 0.2) is 5.78 Å². The summed E-state index contributed by atoms with van der Waals surface area (Å²) in [6.07, 6.45) is 2.44. The molecule has 0 aliphatic heterocycles. The maximum Gasteiger partial charge on any atom is 0.258 e. The molecule has 0 bridgehead atoms. The summed E-state index contributed by atoms with van der Waals surface area (Å²) in [7, 11) is 0. The van der Waals surface area contributed by atoms with Crippen molar-refractivity contribution in [3.05, 3.63) is 47.2 Å². The zero-order chi connectivity index (χ0) is 15.2. The van der Waals surface area contributed by atoms with Gasteiger partial charge in [0.1, 0.15) is 11.3 Å². The van der Waals surface area contributed by atoms with Crippen LogP contribution < -0.4 is 5.32 Å². The molecule has 1 aliphatic carbocycles. The lowest BCUT2D eigenvalue weighted by atomic mass is 9.82. The highest BCUT2D eigenvalue weighted by atomic mass is 16.3. The van der Waals surface area contributed by atoms with Gasteiger partial charge in [-0.25, -0.2) is 0 Å². The van der Waals surface area contributed by atoms with Crippen molar-refractivity contribution in [3.63, 3.8) is 0 Å². The molecule has 2 N–H and O–H groups in total. The number of nitrogens with one attached hydrogen (secondary N) is 1. The second-order valence-corrected chi connectivity index (χ2v) is 5.37. The summed E-state index contributed by atoms with van der Waals surface area (Å²) in [5.74, 6) is -0.862. The molecule has 2 rings (SSSR count). The maximum atomic E-state index is 12.2. The van der Waals surface area contributed by atoms with E-state index in [9.17, 15) is 14.7 Å². The van der Waals surface area contributed by atoms with Crippen LogP contribution in [0.25, 0.3) is 0 Å². The van der Waals surface area contributed by atoms with E-state index in [1.165, 1.54) is 0 Å². The zero-order valence-corrected chi connectivity index (χ0v) is 12.3. The van der Waals surface area contributed by atoms with Crippen LogP contribution in [0.1, 0.15) is 44.1 Å². The van der Waals surface area contributed by atoms with Crippen LogP contribution in [0.4, 0.5) is 0 Å². The molecule has 1 aliphatic rings. The minimum atomic E-state index is -0.447. The van der Waals surface area contributed by atoms with Gasteiger partial charge in [-0.05, 0) is 17.9 Å². The van der Waals surface area contributed by atoms with Gasteiger partial charge < -0.3 is 10.4 Å².